The highest BCUT2D eigenvalue weighted by Gasteiger charge is 2.19. The van der Waals surface area contributed by atoms with Gasteiger partial charge in [-0.1, -0.05) is 140 Å². The van der Waals surface area contributed by atoms with Crippen molar-refractivity contribution in [3.05, 3.63) is 235 Å². The number of rotatable bonds is 12. The van der Waals surface area contributed by atoms with E-state index < -0.39 is 6.10 Å². The zero-order valence-corrected chi connectivity index (χ0v) is 40.8. The molecule has 11 rings (SSSR count). The van der Waals surface area contributed by atoms with Gasteiger partial charge in [0.15, 0.2) is 0 Å². The summed E-state index contributed by atoms with van der Waals surface area (Å²) in [6, 6.07) is 66.5. The number of nitrogens with zero attached hydrogens (tertiary/aromatic N) is 3. The lowest BCUT2D eigenvalue weighted by atomic mass is 9.86. The Labute approximate surface area is 420 Å². The highest BCUT2D eigenvalue weighted by atomic mass is 16.3. The van der Waals surface area contributed by atoms with Gasteiger partial charge in [-0.3, -0.25) is 9.97 Å². The average Bonchev–Trinajstić information content (AvgIpc) is 3.79. The number of para-hydroxylation sites is 1. The van der Waals surface area contributed by atoms with Crippen molar-refractivity contribution in [1.82, 2.24) is 15.0 Å². The van der Waals surface area contributed by atoms with Crippen LogP contribution >= 0.6 is 0 Å². The fourth-order valence-corrected chi connectivity index (χ4v) is 9.91. The van der Waals surface area contributed by atoms with E-state index in [1.165, 1.54) is 17.2 Å². The van der Waals surface area contributed by atoms with E-state index in [9.17, 15) is 10.2 Å². The number of aryl methyl sites for hydroxylation is 4. The summed E-state index contributed by atoms with van der Waals surface area (Å²) in [7, 11) is 0. The topological polar surface area (TPSA) is 92.3 Å². The van der Waals surface area contributed by atoms with Gasteiger partial charge in [-0.2, -0.15) is 0 Å². The fraction of sp³-hybridized carbons (Fsp3) is 0.106. The summed E-state index contributed by atoms with van der Waals surface area (Å²) in [6.45, 7) is 7.78. The van der Waals surface area contributed by atoms with Gasteiger partial charge in [-0.15, -0.1) is 0 Å². The van der Waals surface area contributed by atoms with Crippen molar-refractivity contribution in [2.45, 2.75) is 46.6 Å². The van der Waals surface area contributed by atoms with Crippen LogP contribution in [0.3, 0.4) is 0 Å². The number of aromatic nitrogens is 3. The second-order valence-electron chi connectivity index (χ2n) is 18.8. The van der Waals surface area contributed by atoms with E-state index in [0.29, 0.717) is 18.6 Å². The van der Waals surface area contributed by atoms with Crippen molar-refractivity contribution in [3.8, 4) is 89.3 Å². The minimum atomic E-state index is -0.797. The zero-order chi connectivity index (χ0) is 49.3. The smallest absolute Gasteiger partial charge is 0.227 e. The lowest BCUT2D eigenvalue weighted by Crippen LogP contribution is -2.06. The Bertz CT molecular complexity index is 3810. The van der Waals surface area contributed by atoms with Crippen LogP contribution in [0.4, 0.5) is 0 Å². The van der Waals surface area contributed by atoms with Gasteiger partial charge in [0.1, 0.15) is 5.58 Å². The Morgan fingerprint density at radius 1 is 0.486 bits per heavy atom. The van der Waals surface area contributed by atoms with Crippen LogP contribution in [-0.2, 0) is 6.42 Å². The Kier molecular flexibility index (Phi) is 12.4. The molecule has 6 nitrogen and oxygen atoms in total. The SMILES string of the molecule is C/C(O)=C/C(O)CCc1cc(-c2ccccc2)ccc1-c1cc(-c2ccccc2-c2ccc(-c3cc(C)c(C)cn3)cc2)cc(-c2ccccc2-c2ccc(-c3cccc4c3oc3nc(C)ccc34)nc2)c1. The predicted octanol–water partition coefficient (Wildman–Crippen LogP) is 16.8. The molecule has 0 bridgehead atoms. The molecular formula is C66H53N3O3. The molecule has 1 atom stereocenters. The van der Waals surface area contributed by atoms with Gasteiger partial charge in [-0.05, 0) is 173 Å². The number of fused-ring (bicyclic) bond motifs is 3. The van der Waals surface area contributed by atoms with Gasteiger partial charge in [0.05, 0.1) is 23.3 Å². The predicted molar refractivity (Wildman–Crippen MR) is 296 cm³/mol. The molecule has 350 valence electrons. The first-order valence-corrected chi connectivity index (χ1v) is 24.5. The molecule has 11 aromatic rings. The molecule has 0 saturated heterocycles. The largest absolute Gasteiger partial charge is 0.513 e. The van der Waals surface area contributed by atoms with Crippen molar-refractivity contribution in [2.75, 3.05) is 0 Å². The molecule has 7 aromatic carbocycles. The third kappa shape index (κ3) is 9.24. The number of benzene rings is 7. The molecule has 0 aliphatic carbocycles. The first-order chi connectivity index (χ1) is 35.1. The Balaban J connectivity index is 1.05. The summed E-state index contributed by atoms with van der Waals surface area (Å²) in [5, 5.41) is 23.1. The molecule has 0 amide bonds. The van der Waals surface area contributed by atoms with Crippen LogP contribution in [0.1, 0.15) is 35.7 Å². The summed E-state index contributed by atoms with van der Waals surface area (Å²) in [6.07, 6.45) is 5.65. The van der Waals surface area contributed by atoms with Crippen LogP contribution in [-0.4, -0.2) is 31.3 Å². The molecule has 4 heterocycles. The Morgan fingerprint density at radius 2 is 1.08 bits per heavy atom. The summed E-state index contributed by atoms with van der Waals surface area (Å²) in [5.74, 6) is 0.105. The minimum absolute atomic E-state index is 0.105. The summed E-state index contributed by atoms with van der Waals surface area (Å²) >= 11 is 0. The van der Waals surface area contributed by atoms with E-state index in [-0.39, 0.29) is 5.76 Å². The summed E-state index contributed by atoms with van der Waals surface area (Å²) in [5.41, 5.74) is 22.5. The minimum Gasteiger partial charge on any atom is -0.513 e. The number of aliphatic hydroxyl groups is 2. The van der Waals surface area contributed by atoms with Crippen LogP contribution in [0, 0.1) is 20.8 Å². The van der Waals surface area contributed by atoms with Crippen molar-refractivity contribution < 1.29 is 14.6 Å². The molecule has 1 unspecified atom stereocenters. The second-order valence-corrected chi connectivity index (χ2v) is 18.8. The molecule has 0 aliphatic rings. The average molecular weight is 936 g/mol. The Hall–Kier alpha value is -8.71. The lowest BCUT2D eigenvalue weighted by molar-refractivity contribution is 0.207. The molecular weight excluding hydrogens is 883 g/mol. The van der Waals surface area contributed by atoms with Crippen LogP contribution in [0.2, 0.25) is 0 Å². The molecule has 0 aliphatic heterocycles. The maximum Gasteiger partial charge on any atom is 0.227 e. The number of allylic oxidation sites excluding steroid dienone is 1. The van der Waals surface area contributed by atoms with Crippen LogP contribution in [0.5, 0.6) is 0 Å². The molecule has 0 spiro atoms. The Morgan fingerprint density at radius 3 is 1.75 bits per heavy atom. The molecule has 0 fully saturated rings. The maximum absolute atomic E-state index is 11.0. The first kappa shape index (κ1) is 45.7. The number of hydrogen-bond acceptors (Lipinski definition) is 6. The highest BCUT2D eigenvalue weighted by molar-refractivity contribution is 6.08. The van der Waals surface area contributed by atoms with Crippen LogP contribution in [0.15, 0.2) is 217 Å². The van der Waals surface area contributed by atoms with Gasteiger partial charge in [0, 0.05) is 45.6 Å². The van der Waals surface area contributed by atoms with Gasteiger partial charge < -0.3 is 14.6 Å². The van der Waals surface area contributed by atoms with Crippen LogP contribution < -0.4 is 0 Å². The van der Waals surface area contributed by atoms with Gasteiger partial charge in [0.25, 0.3) is 0 Å². The van der Waals surface area contributed by atoms with E-state index in [2.05, 4.69) is 195 Å². The van der Waals surface area contributed by atoms with Crippen molar-refractivity contribution in [1.29, 1.82) is 0 Å². The number of furan rings is 1. The van der Waals surface area contributed by atoms with Gasteiger partial charge in [-0.25, -0.2) is 4.98 Å². The van der Waals surface area contributed by atoms with Crippen molar-refractivity contribution in [2.24, 2.45) is 0 Å². The van der Waals surface area contributed by atoms with Crippen molar-refractivity contribution >= 4 is 22.1 Å². The fourth-order valence-electron chi connectivity index (χ4n) is 9.91. The lowest BCUT2D eigenvalue weighted by Gasteiger charge is -2.19. The second kappa shape index (κ2) is 19.6. The van der Waals surface area contributed by atoms with E-state index in [0.717, 1.165) is 117 Å². The third-order valence-electron chi connectivity index (χ3n) is 13.8. The first-order valence-electron chi connectivity index (χ1n) is 24.5. The summed E-state index contributed by atoms with van der Waals surface area (Å²) in [4.78, 5) is 14.5. The van der Waals surface area contributed by atoms with E-state index in [1.807, 2.05) is 31.5 Å². The molecule has 2 N–H and O–H groups in total. The molecule has 0 radical (unpaired) electrons. The zero-order valence-electron chi connectivity index (χ0n) is 40.8. The quantitative estimate of drug-likeness (QED) is 0.119. The number of hydrogen-bond donors (Lipinski definition) is 2. The normalized spacial score (nSPS) is 12.2. The molecule has 0 saturated carbocycles. The van der Waals surface area contributed by atoms with Gasteiger partial charge in [0.2, 0.25) is 5.71 Å². The maximum atomic E-state index is 11.0. The van der Waals surface area contributed by atoms with Crippen LogP contribution in [0.25, 0.3) is 111 Å². The third-order valence-corrected chi connectivity index (χ3v) is 13.8. The van der Waals surface area contributed by atoms with Gasteiger partial charge >= 0.3 is 0 Å². The molecule has 4 aromatic heterocycles. The van der Waals surface area contributed by atoms with E-state index >= 15 is 0 Å². The van der Waals surface area contributed by atoms with E-state index in [1.54, 1.807) is 6.92 Å². The molecule has 72 heavy (non-hydrogen) atoms. The standard InChI is InChI=1S/C66H53N3O3/c1-41-33-64(67-39-42(41)2)47-24-22-46(23-25-47)56-15-8-10-17-58(56)52-36-51(55-31-27-48(45-13-6-5-7-14-45)35-49(55)26-29-54(71)34-44(4)70)37-53(38-52)59-18-11-9-16-57(59)50-28-32-63(68-40-50)62-20-12-19-60-61-30-21-43(3)69-66(61)72-65(60)62/h5-25,27-28,30-40,54,70-71H,26,29H2,1-4H3/b44-34-. The summed E-state index contributed by atoms with van der Waals surface area (Å²) < 4.78 is 6.37. The highest BCUT2D eigenvalue weighted by Crippen LogP contribution is 2.43. The van der Waals surface area contributed by atoms with Crippen molar-refractivity contribution in [3.63, 3.8) is 0 Å². The number of pyridine rings is 3. The van der Waals surface area contributed by atoms with E-state index in [4.69, 9.17) is 14.4 Å². The number of aliphatic hydroxyl groups excluding tert-OH is 2. The molecule has 6 heteroatoms. The monoisotopic (exact) mass is 935 g/mol.